The van der Waals surface area contributed by atoms with Crippen LogP contribution in [0.15, 0.2) is 60.8 Å². The van der Waals surface area contributed by atoms with Gasteiger partial charge in [-0.1, -0.05) is 62.5 Å². The third-order valence-corrected chi connectivity index (χ3v) is 3.85. The van der Waals surface area contributed by atoms with Crippen molar-refractivity contribution in [2.75, 3.05) is 0 Å². The minimum absolute atomic E-state index is 0.239. The summed E-state index contributed by atoms with van der Waals surface area (Å²) in [7, 11) is 0. The Morgan fingerprint density at radius 2 is 2.00 bits per heavy atom. The predicted molar refractivity (Wildman–Crippen MR) is 71.2 cm³/mol. The zero-order chi connectivity index (χ0) is 11.4. The Morgan fingerprint density at radius 1 is 1.25 bits per heavy atom. The van der Waals surface area contributed by atoms with Crippen molar-refractivity contribution in [1.29, 1.82) is 0 Å². The van der Waals surface area contributed by atoms with Crippen molar-refractivity contribution in [3.05, 3.63) is 60.8 Å². The van der Waals surface area contributed by atoms with E-state index in [0.29, 0.717) is 0 Å². The molecular formula is C16H20. The van der Waals surface area contributed by atoms with Crippen LogP contribution in [0.1, 0.15) is 32.1 Å². The van der Waals surface area contributed by atoms with Crippen LogP contribution < -0.4 is 0 Å². The number of hydrogen-bond acceptors (Lipinski definition) is 0. The Balaban J connectivity index is 2.42. The van der Waals surface area contributed by atoms with E-state index >= 15 is 0 Å². The van der Waals surface area contributed by atoms with Crippen LogP contribution in [0.5, 0.6) is 0 Å². The first-order chi connectivity index (χ1) is 7.83. The molecule has 84 valence electrons. The lowest BCUT2D eigenvalue weighted by atomic mass is 9.72. The summed E-state index contributed by atoms with van der Waals surface area (Å²) >= 11 is 0. The van der Waals surface area contributed by atoms with E-state index < -0.39 is 0 Å². The van der Waals surface area contributed by atoms with Crippen LogP contribution in [-0.2, 0) is 0 Å². The molecule has 0 aliphatic heterocycles. The molecule has 0 aromatic heterocycles. The first kappa shape index (κ1) is 11.2. The van der Waals surface area contributed by atoms with Crippen molar-refractivity contribution in [1.82, 2.24) is 0 Å². The Labute approximate surface area is 98.8 Å². The molecule has 0 aromatic rings. The van der Waals surface area contributed by atoms with Crippen LogP contribution in [0, 0.1) is 5.41 Å². The summed E-state index contributed by atoms with van der Waals surface area (Å²) in [4.78, 5) is 0. The fraction of sp³-hybridized carbons (Fsp3) is 0.375. The fourth-order valence-electron chi connectivity index (χ4n) is 3.09. The second kappa shape index (κ2) is 4.69. The van der Waals surface area contributed by atoms with Gasteiger partial charge in [-0.15, -0.1) is 0 Å². The number of hydrogen-bond donors (Lipinski definition) is 0. The van der Waals surface area contributed by atoms with E-state index in [0.717, 1.165) is 6.42 Å². The van der Waals surface area contributed by atoms with Crippen LogP contribution in [0.4, 0.5) is 0 Å². The summed E-state index contributed by atoms with van der Waals surface area (Å²) in [5, 5.41) is 0. The maximum Gasteiger partial charge on any atom is 0.0199 e. The molecule has 0 spiro atoms. The summed E-state index contributed by atoms with van der Waals surface area (Å²) < 4.78 is 0. The first-order valence-corrected chi connectivity index (χ1v) is 6.16. The Morgan fingerprint density at radius 3 is 2.50 bits per heavy atom. The summed E-state index contributed by atoms with van der Waals surface area (Å²) in [6, 6.07) is 0. The van der Waals surface area contributed by atoms with Gasteiger partial charge in [-0.05, 0) is 30.4 Å². The molecule has 2 aliphatic rings. The van der Waals surface area contributed by atoms with Gasteiger partial charge in [0.2, 0.25) is 0 Å². The van der Waals surface area contributed by atoms with E-state index in [1.807, 2.05) is 12.2 Å². The lowest BCUT2D eigenvalue weighted by molar-refractivity contribution is 0.468. The molecule has 0 radical (unpaired) electrons. The fourth-order valence-corrected chi connectivity index (χ4v) is 3.09. The molecule has 0 bridgehead atoms. The molecule has 0 heteroatoms. The Bertz CT molecular complexity index is 371. The van der Waals surface area contributed by atoms with Crippen molar-refractivity contribution in [2.45, 2.75) is 32.1 Å². The highest BCUT2D eigenvalue weighted by molar-refractivity contribution is 5.45. The summed E-state index contributed by atoms with van der Waals surface area (Å²) in [5.74, 6) is 0. The minimum atomic E-state index is 0.239. The van der Waals surface area contributed by atoms with E-state index in [-0.39, 0.29) is 5.41 Å². The number of rotatable bonds is 4. The van der Waals surface area contributed by atoms with Gasteiger partial charge in [-0.3, -0.25) is 0 Å². The van der Waals surface area contributed by atoms with Crippen molar-refractivity contribution in [2.24, 2.45) is 5.41 Å². The molecule has 2 rings (SSSR count). The van der Waals surface area contributed by atoms with Crippen LogP contribution in [0.3, 0.4) is 0 Å². The zero-order valence-corrected chi connectivity index (χ0v) is 9.91. The molecule has 2 aliphatic carbocycles. The molecule has 16 heavy (non-hydrogen) atoms. The van der Waals surface area contributed by atoms with Crippen molar-refractivity contribution >= 4 is 0 Å². The van der Waals surface area contributed by atoms with Gasteiger partial charge >= 0.3 is 0 Å². The average molecular weight is 212 g/mol. The van der Waals surface area contributed by atoms with Gasteiger partial charge in [-0.2, -0.15) is 0 Å². The third-order valence-electron chi connectivity index (χ3n) is 3.85. The van der Waals surface area contributed by atoms with Crippen molar-refractivity contribution in [3.8, 4) is 0 Å². The van der Waals surface area contributed by atoms with Crippen LogP contribution in [0.2, 0.25) is 0 Å². The van der Waals surface area contributed by atoms with Gasteiger partial charge in [0, 0.05) is 5.41 Å². The van der Waals surface area contributed by atoms with Crippen LogP contribution >= 0.6 is 0 Å². The highest BCUT2D eigenvalue weighted by Crippen LogP contribution is 2.51. The Kier molecular flexibility index (Phi) is 3.28. The largest absolute Gasteiger partial charge is 0.0991 e. The molecule has 0 N–H and O–H groups in total. The molecule has 1 fully saturated rings. The van der Waals surface area contributed by atoms with Crippen molar-refractivity contribution in [3.63, 3.8) is 0 Å². The van der Waals surface area contributed by atoms with Crippen molar-refractivity contribution < 1.29 is 0 Å². The number of allylic oxidation sites excluding steroid dienone is 8. The molecule has 0 unspecified atom stereocenters. The third kappa shape index (κ3) is 1.73. The van der Waals surface area contributed by atoms with E-state index in [9.17, 15) is 0 Å². The van der Waals surface area contributed by atoms with E-state index in [2.05, 4.69) is 37.5 Å². The Hall–Kier alpha value is -1.30. The van der Waals surface area contributed by atoms with Crippen LogP contribution in [-0.4, -0.2) is 0 Å². The van der Waals surface area contributed by atoms with Gasteiger partial charge in [0.05, 0.1) is 0 Å². The van der Waals surface area contributed by atoms with E-state index in [1.165, 1.54) is 36.8 Å². The SMILES string of the molecule is C=C/C=C(\C=C)C1(C2=CCC=C2)CCCC1. The molecule has 0 atom stereocenters. The molecular weight excluding hydrogens is 192 g/mol. The van der Waals surface area contributed by atoms with Crippen LogP contribution in [0.25, 0.3) is 0 Å². The average Bonchev–Trinajstić information content (AvgIpc) is 2.95. The summed E-state index contributed by atoms with van der Waals surface area (Å²) in [6.45, 7) is 7.79. The maximum atomic E-state index is 3.97. The van der Waals surface area contributed by atoms with E-state index in [1.54, 1.807) is 0 Å². The monoisotopic (exact) mass is 212 g/mol. The predicted octanol–water partition coefficient (Wildman–Crippen LogP) is 4.73. The molecule has 0 nitrogen and oxygen atoms in total. The van der Waals surface area contributed by atoms with Gasteiger partial charge in [0.1, 0.15) is 0 Å². The molecule has 0 saturated heterocycles. The highest BCUT2D eigenvalue weighted by atomic mass is 14.4. The quantitative estimate of drug-likeness (QED) is 0.591. The highest BCUT2D eigenvalue weighted by Gasteiger charge is 2.38. The standard InChI is InChI=1S/C16H20/c1-3-9-14(4-2)16(12-7-8-13-16)15-10-5-6-11-15/h3-5,9-11H,1-2,6-8,12-13H2/b14-9+. The molecule has 1 saturated carbocycles. The summed E-state index contributed by atoms with van der Waals surface area (Å²) in [5.41, 5.74) is 3.08. The van der Waals surface area contributed by atoms with Gasteiger partial charge in [0.15, 0.2) is 0 Å². The first-order valence-electron chi connectivity index (χ1n) is 6.16. The molecule has 0 heterocycles. The normalized spacial score (nSPS) is 23.2. The van der Waals surface area contributed by atoms with Gasteiger partial charge in [0.25, 0.3) is 0 Å². The maximum absolute atomic E-state index is 3.97. The lowest BCUT2D eigenvalue weighted by Crippen LogP contribution is -2.20. The van der Waals surface area contributed by atoms with E-state index in [4.69, 9.17) is 0 Å². The smallest absolute Gasteiger partial charge is 0.0199 e. The lowest BCUT2D eigenvalue weighted by Gasteiger charge is -2.31. The topological polar surface area (TPSA) is 0 Å². The van der Waals surface area contributed by atoms with Gasteiger partial charge in [-0.25, -0.2) is 0 Å². The second-order valence-corrected chi connectivity index (χ2v) is 4.65. The second-order valence-electron chi connectivity index (χ2n) is 4.65. The zero-order valence-electron chi connectivity index (χ0n) is 9.91. The molecule has 0 amide bonds. The summed E-state index contributed by atoms with van der Waals surface area (Å²) in [6.07, 6.45) is 19.2. The molecule has 0 aromatic carbocycles. The minimum Gasteiger partial charge on any atom is -0.0991 e. The van der Waals surface area contributed by atoms with Gasteiger partial charge < -0.3 is 0 Å².